The Morgan fingerprint density at radius 1 is 1.46 bits per heavy atom. The van der Waals surface area contributed by atoms with Gasteiger partial charge >= 0.3 is 0 Å². The molecule has 0 heterocycles. The summed E-state index contributed by atoms with van der Waals surface area (Å²) in [5.74, 6) is -0.161. The molecule has 0 aromatic heterocycles. The highest BCUT2D eigenvalue weighted by Crippen LogP contribution is 2.09. The summed E-state index contributed by atoms with van der Waals surface area (Å²) < 4.78 is 12.7. The van der Waals surface area contributed by atoms with Crippen molar-refractivity contribution in [2.45, 2.75) is 33.4 Å². The van der Waals surface area contributed by atoms with Gasteiger partial charge in [-0.3, -0.25) is 0 Å². The molecule has 1 aromatic rings. The van der Waals surface area contributed by atoms with Crippen LogP contribution in [0.5, 0.6) is 0 Å². The molecule has 0 atom stereocenters. The third-order valence-electron chi connectivity index (χ3n) is 2.01. The lowest BCUT2D eigenvalue weighted by atomic mass is 10.1. The van der Waals surface area contributed by atoms with E-state index in [0.29, 0.717) is 6.04 Å². The number of rotatable bonds is 3. The van der Waals surface area contributed by atoms with Gasteiger partial charge in [-0.15, -0.1) is 0 Å². The number of nitrogens with one attached hydrogen (secondary N) is 1. The minimum atomic E-state index is -0.161. The Balaban J connectivity index is 0.00000169. The van der Waals surface area contributed by atoms with Crippen LogP contribution in [0.25, 0.3) is 0 Å². The highest BCUT2D eigenvalue weighted by atomic mass is 19.1. The molecule has 0 unspecified atom stereocenters. The SMILES string of the molecule is Cc1cc(F)ccc1CNC(C)C.[HH]. The van der Waals surface area contributed by atoms with Crippen LogP contribution >= 0.6 is 0 Å². The van der Waals surface area contributed by atoms with Crippen LogP contribution in [0.3, 0.4) is 0 Å². The number of hydrogen-bond donors (Lipinski definition) is 1. The van der Waals surface area contributed by atoms with Crippen molar-refractivity contribution >= 4 is 0 Å². The van der Waals surface area contributed by atoms with E-state index in [1.54, 1.807) is 6.07 Å². The molecule has 0 saturated heterocycles. The first-order valence-corrected chi connectivity index (χ1v) is 4.58. The van der Waals surface area contributed by atoms with Crippen molar-refractivity contribution in [2.24, 2.45) is 0 Å². The predicted octanol–water partition coefficient (Wildman–Crippen LogP) is 2.88. The average molecular weight is 183 g/mol. The van der Waals surface area contributed by atoms with Gasteiger partial charge in [-0.05, 0) is 30.2 Å². The largest absolute Gasteiger partial charge is 0.310 e. The van der Waals surface area contributed by atoms with Crippen LogP contribution < -0.4 is 5.32 Å². The molecule has 0 aliphatic rings. The Labute approximate surface area is 80.5 Å². The summed E-state index contributed by atoms with van der Waals surface area (Å²) >= 11 is 0. The smallest absolute Gasteiger partial charge is 0.123 e. The fourth-order valence-electron chi connectivity index (χ4n) is 1.17. The first kappa shape index (κ1) is 10.2. The van der Waals surface area contributed by atoms with Crippen LogP contribution in [0.2, 0.25) is 0 Å². The molecule has 0 radical (unpaired) electrons. The standard InChI is InChI=1S/C11H16FN.H2/c1-8(2)13-7-10-4-5-11(12)6-9(10)3;/h4-6,8,13H,7H2,1-3H3;1H. The molecular formula is C11H18FN. The van der Waals surface area contributed by atoms with Crippen LogP contribution in [0.1, 0.15) is 26.4 Å². The topological polar surface area (TPSA) is 12.0 Å². The Bertz CT molecular complexity index is 287. The van der Waals surface area contributed by atoms with Crippen molar-refractivity contribution < 1.29 is 5.82 Å². The fourth-order valence-corrected chi connectivity index (χ4v) is 1.17. The van der Waals surface area contributed by atoms with E-state index in [0.717, 1.165) is 17.7 Å². The lowest BCUT2D eigenvalue weighted by Gasteiger charge is -2.10. The molecule has 2 heteroatoms. The van der Waals surface area contributed by atoms with Crippen LogP contribution in [0.15, 0.2) is 18.2 Å². The van der Waals surface area contributed by atoms with Gasteiger partial charge in [0.2, 0.25) is 0 Å². The molecular weight excluding hydrogens is 165 g/mol. The van der Waals surface area contributed by atoms with Gasteiger partial charge < -0.3 is 5.32 Å². The van der Waals surface area contributed by atoms with E-state index < -0.39 is 0 Å². The molecule has 0 spiro atoms. The van der Waals surface area contributed by atoms with E-state index in [1.807, 2.05) is 13.0 Å². The molecule has 74 valence electrons. The van der Waals surface area contributed by atoms with Gasteiger partial charge in [-0.1, -0.05) is 19.9 Å². The molecule has 1 N–H and O–H groups in total. The van der Waals surface area contributed by atoms with E-state index in [2.05, 4.69) is 19.2 Å². The maximum absolute atomic E-state index is 12.7. The first-order valence-electron chi connectivity index (χ1n) is 4.58. The van der Waals surface area contributed by atoms with Crippen molar-refractivity contribution in [1.29, 1.82) is 0 Å². The van der Waals surface area contributed by atoms with Gasteiger partial charge in [0.15, 0.2) is 0 Å². The van der Waals surface area contributed by atoms with Crippen LogP contribution in [0, 0.1) is 12.7 Å². The zero-order chi connectivity index (χ0) is 9.84. The van der Waals surface area contributed by atoms with Crippen LogP contribution in [0.4, 0.5) is 4.39 Å². The van der Waals surface area contributed by atoms with Crippen molar-refractivity contribution in [2.75, 3.05) is 0 Å². The molecule has 0 fully saturated rings. The van der Waals surface area contributed by atoms with Gasteiger partial charge in [0, 0.05) is 14.0 Å². The Morgan fingerprint density at radius 3 is 2.69 bits per heavy atom. The second kappa shape index (κ2) is 4.38. The van der Waals surface area contributed by atoms with Gasteiger partial charge in [0.1, 0.15) is 5.82 Å². The van der Waals surface area contributed by atoms with Gasteiger partial charge in [0.25, 0.3) is 0 Å². The minimum absolute atomic E-state index is 0. The minimum Gasteiger partial charge on any atom is -0.310 e. The lowest BCUT2D eigenvalue weighted by Crippen LogP contribution is -2.22. The molecule has 0 saturated carbocycles. The van der Waals surface area contributed by atoms with Gasteiger partial charge in [-0.2, -0.15) is 0 Å². The molecule has 1 aromatic carbocycles. The van der Waals surface area contributed by atoms with Crippen LogP contribution in [-0.4, -0.2) is 6.04 Å². The van der Waals surface area contributed by atoms with E-state index in [4.69, 9.17) is 0 Å². The van der Waals surface area contributed by atoms with Crippen molar-refractivity contribution in [1.82, 2.24) is 5.32 Å². The van der Waals surface area contributed by atoms with Crippen molar-refractivity contribution in [3.8, 4) is 0 Å². The molecule has 0 aliphatic carbocycles. The summed E-state index contributed by atoms with van der Waals surface area (Å²) in [6.45, 7) is 6.93. The molecule has 1 rings (SSSR count). The highest BCUT2D eigenvalue weighted by molar-refractivity contribution is 5.26. The third kappa shape index (κ3) is 3.15. The van der Waals surface area contributed by atoms with Crippen molar-refractivity contribution in [3.05, 3.63) is 35.1 Å². The molecule has 0 amide bonds. The van der Waals surface area contributed by atoms with E-state index >= 15 is 0 Å². The van der Waals surface area contributed by atoms with Crippen LogP contribution in [-0.2, 0) is 6.54 Å². The zero-order valence-corrected chi connectivity index (χ0v) is 8.39. The van der Waals surface area contributed by atoms with E-state index in [1.165, 1.54) is 6.07 Å². The number of hydrogen-bond acceptors (Lipinski definition) is 1. The zero-order valence-electron chi connectivity index (χ0n) is 8.39. The summed E-state index contributed by atoms with van der Waals surface area (Å²) in [5, 5.41) is 3.30. The third-order valence-corrected chi connectivity index (χ3v) is 2.01. The summed E-state index contributed by atoms with van der Waals surface area (Å²) in [7, 11) is 0. The molecule has 0 bridgehead atoms. The number of halogens is 1. The maximum Gasteiger partial charge on any atom is 0.123 e. The monoisotopic (exact) mass is 183 g/mol. The Morgan fingerprint density at radius 2 is 2.15 bits per heavy atom. The molecule has 13 heavy (non-hydrogen) atoms. The summed E-state index contributed by atoms with van der Waals surface area (Å²) in [6, 6.07) is 5.37. The average Bonchev–Trinajstić information content (AvgIpc) is 2.02. The quantitative estimate of drug-likeness (QED) is 0.759. The highest BCUT2D eigenvalue weighted by Gasteiger charge is 2.00. The van der Waals surface area contributed by atoms with E-state index in [-0.39, 0.29) is 7.24 Å². The lowest BCUT2D eigenvalue weighted by molar-refractivity contribution is 0.584. The second-order valence-corrected chi connectivity index (χ2v) is 3.61. The van der Waals surface area contributed by atoms with Gasteiger partial charge in [-0.25, -0.2) is 4.39 Å². The first-order chi connectivity index (χ1) is 6.09. The number of aryl methyl sites for hydroxylation is 1. The van der Waals surface area contributed by atoms with E-state index in [9.17, 15) is 4.39 Å². The summed E-state index contributed by atoms with van der Waals surface area (Å²) in [4.78, 5) is 0. The molecule has 0 aliphatic heterocycles. The second-order valence-electron chi connectivity index (χ2n) is 3.61. The normalized spacial score (nSPS) is 10.8. The number of benzene rings is 1. The van der Waals surface area contributed by atoms with Crippen molar-refractivity contribution in [3.63, 3.8) is 0 Å². The summed E-state index contributed by atoms with van der Waals surface area (Å²) in [5.41, 5.74) is 2.17. The Hall–Kier alpha value is -0.890. The Kier molecular flexibility index (Phi) is 3.43. The predicted molar refractivity (Wildman–Crippen MR) is 55.2 cm³/mol. The fraction of sp³-hybridized carbons (Fsp3) is 0.455. The summed E-state index contributed by atoms with van der Waals surface area (Å²) in [6.07, 6.45) is 0. The molecule has 1 nitrogen and oxygen atoms in total. The maximum atomic E-state index is 12.7. The van der Waals surface area contributed by atoms with Gasteiger partial charge in [0.05, 0.1) is 0 Å².